The maximum Gasteiger partial charge on any atom is 0.186 e. The lowest BCUT2D eigenvalue weighted by molar-refractivity contribution is -0.126. The Kier molecular flexibility index (Phi) is 2.04. The summed E-state index contributed by atoms with van der Waals surface area (Å²) in [6.45, 7) is 3.36. The van der Waals surface area contributed by atoms with Crippen molar-refractivity contribution < 1.29 is 14.6 Å². The Bertz CT molecular complexity index is 384. The van der Waals surface area contributed by atoms with Gasteiger partial charge in [-0.2, -0.15) is 0 Å². The molecule has 0 radical (unpaired) electrons. The van der Waals surface area contributed by atoms with Gasteiger partial charge in [-0.25, -0.2) is 0 Å². The highest BCUT2D eigenvalue weighted by atomic mass is 16.5. The Labute approximate surface area is 82.3 Å². The van der Waals surface area contributed by atoms with Crippen LogP contribution in [0.25, 0.3) is 0 Å². The molecule has 1 heterocycles. The number of carbonyl (C=O) groups excluding carboxylic acids is 1. The van der Waals surface area contributed by atoms with Gasteiger partial charge in [0.15, 0.2) is 11.9 Å². The van der Waals surface area contributed by atoms with Crippen molar-refractivity contribution in [2.45, 2.75) is 26.1 Å². The van der Waals surface area contributed by atoms with Gasteiger partial charge in [0.05, 0.1) is 0 Å². The summed E-state index contributed by atoms with van der Waals surface area (Å²) < 4.78 is 5.34. The number of aliphatic hydroxyl groups excluding tert-OH is 1. The van der Waals surface area contributed by atoms with Crippen molar-refractivity contribution in [3.05, 3.63) is 29.3 Å². The van der Waals surface area contributed by atoms with Crippen molar-refractivity contribution in [1.29, 1.82) is 0 Å². The van der Waals surface area contributed by atoms with Crippen molar-refractivity contribution in [2.75, 3.05) is 0 Å². The molecule has 0 bridgehead atoms. The SMILES string of the molecule is CC(=O)[C@H]1Oc2ccc(C)cc2[C@H]1O. The Hall–Kier alpha value is -1.35. The third kappa shape index (κ3) is 1.30. The lowest BCUT2D eigenvalue weighted by Crippen LogP contribution is -2.26. The van der Waals surface area contributed by atoms with Crippen LogP contribution in [-0.2, 0) is 4.79 Å². The summed E-state index contributed by atoms with van der Waals surface area (Å²) in [5.41, 5.74) is 1.76. The molecule has 3 heteroatoms. The molecule has 1 N–H and O–H groups in total. The molecule has 14 heavy (non-hydrogen) atoms. The topological polar surface area (TPSA) is 46.5 Å². The maximum absolute atomic E-state index is 11.1. The van der Waals surface area contributed by atoms with E-state index in [0.717, 1.165) is 5.56 Å². The number of ketones is 1. The van der Waals surface area contributed by atoms with Gasteiger partial charge in [-0.3, -0.25) is 4.79 Å². The summed E-state index contributed by atoms with van der Waals surface area (Å²) in [6.07, 6.45) is -1.55. The number of benzene rings is 1. The van der Waals surface area contributed by atoms with Crippen molar-refractivity contribution in [2.24, 2.45) is 0 Å². The van der Waals surface area contributed by atoms with Crippen LogP contribution in [-0.4, -0.2) is 17.0 Å². The first-order valence-electron chi connectivity index (χ1n) is 4.55. The van der Waals surface area contributed by atoms with Crippen LogP contribution in [0.4, 0.5) is 0 Å². The van der Waals surface area contributed by atoms with Crippen LogP contribution >= 0.6 is 0 Å². The largest absolute Gasteiger partial charge is 0.479 e. The van der Waals surface area contributed by atoms with Gasteiger partial charge in [0.2, 0.25) is 0 Å². The Balaban J connectivity index is 2.41. The fourth-order valence-corrected chi connectivity index (χ4v) is 1.68. The van der Waals surface area contributed by atoms with Gasteiger partial charge in [0.25, 0.3) is 0 Å². The lowest BCUT2D eigenvalue weighted by atomic mass is 10.0. The number of hydrogen-bond donors (Lipinski definition) is 1. The van der Waals surface area contributed by atoms with Gasteiger partial charge < -0.3 is 9.84 Å². The monoisotopic (exact) mass is 192 g/mol. The smallest absolute Gasteiger partial charge is 0.186 e. The lowest BCUT2D eigenvalue weighted by Gasteiger charge is -2.09. The molecule has 1 aromatic rings. The average molecular weight is 192 g/mol. The number of Topliss-reactive ketones (excluding diaryl/α,β-unsaturated/α-hetero) is 1. The van der Waals surface area contributed by atoms with Crippen molar-refractivity contribution >= 4 is 5.78 Å². The number of hydrogen-bond acceptors (Lipinski definition) is 3. The van der Waals surface area contributed by atoms with Crippen molar-refractivity contribution in [3.63, 3.8) is 0 Å². The molecule has 0 aliphatic carbocycles. The quantitative estimate of drug-likeness (QED) is 0.731. The number of fused-ring (bicyclic) bond motifs is 1. The van der Waals surface area contributed by atoms with Crippen molar-refractivity contribution in [1.82, 2.24) is 0 Å². The standard InChI is InChI=1S/C11H12O3/c1-6-3-4-9-8(5-6)10(13)11(14-9)7(2)12/h3-5,10-11,13H,1-2H3/t10-,11-/m1/s1. The minimum Gasteiger partial charge on any atom is -0.479 e. The van der Waals surface area contributed by atoms with Crippen LogP contribution in [0.2, 0.25) is 0 Å². The molecule has 74 valence electrons. The predicted molar refractivity (Wildman–Crippen MR) is 51.2 cm³/mol. The molecule has 0 saturated heterocycles. The number of ether oxygens (including phenoxy) is 1. The Morgan fingerprint density at radius 2 is 2.21 bits per heavy atom. The molecule has 0 saturated carbocycles. The van der Waals surface area contributed by atoms with Gasteiger partial charge in [-0.15, -0.1) is 0 Å². The molecule has 3 nitrogen and oxygen atoms in total. The molecule has 0 spiro atoms. The molecule has 0 unspecified atom stereocenters. The molecular formula is C11H12O3. The van der Waals surface area contributed by atoms with Gasteiger partial charge in [0.1, 0.15) is 11.9 Å². The second-order valence-electron chi connectivity index (χ2n) is 3.64. The van der Waals surface area contributed by atoms with E-state index in [-0.39, 0.29) is 5.78 Å². The van der Waals surface area contributed by atoms with E-state index in [1.54, 1.807) is 6.07 Å². The summed E-state index contributed by atoms with van der Waals surface area (Å²) in [5.74, 6) is 0.467. The Morgan fingerprint density at radius 1 is 1.50 bits per heavy atom. The minimum absolute atomic E-state index is 0.147. The van der Waals surface area contributed by atoms with Crippen LogP contribution in [0, 0.1) is 6.92 Å². The highest BCUT2D eigenvalue weighted by Gasteiger charge is 2.35. The van der Waals surface area contributed by atoms with E-state index in [1.807, 2.05) is 19.1 Å². The molecule has 0 fully saturated rings. The number of carbonyl (C=O) groups is 1. The highest BCUT2D eigenvalue weighted by molar-refractivity contribution is 5.82. The van der Waals surface area contributed by atoms with E-state index in [2.05, 4.69) is 0 Å². The zero-order chi connectivity index (χ0) is 10.3. The van der Waals surface area contributed by atoms with E-state index in [1.165, 1.54) is 6.92 Å². The summed E-state index contributed by atoms with van der Waals surface area (Å²) in [4.78, 5) is 11.1. The molecule has 0 aromatic heterocycles. The van der Waals surface area contributed by atoms with Crippen LogP contribution in [0.5, 0.6) is 5.75 Å². The van der Waals surface area contributed by atoms with E-state index >= 15 is 0 Å². The number of rotatable bonds is 1. The second-order valence-corrected chi connectivity index (χ2v) is 3.64. The summed E-state index contributed by atoms with van der Waals surface area (Å²) in [6, 6.07) is 5.54. The summed E-state index contributed by atoms with van der Waals surface area (Å²) in [5, 5.41) is 9.79. The fraction of sp³-hybridized carbons (Fsp3) is 0.364. The number of aliphatic hydroxyl groups is 1. The molecule has 0 amide bonds. The van der Waals surface area contributed by atoms with Gasteiger partial charge in [-0.1, -0.05) is 11.6 Å². The van der Waals surface area contributed by atoms with Gasteiger partial charge >= 0.3 is 0 Å². The summed E-state index contributed by atoms with van der Waals surface area (Å²) in [7, 11) is 0. The maximum atomic E-state index is 11.1. The third-order valence-electron chi connectivity index (χ3n) is 2.43. The van der Waals surface area contributed by atoms with Gasteiger partial charge in [0, 0.05) is 5.56 Å². The van der Waals surface area contributed by atoms with Crippen molar-refractivity contribution in [3.8, 4) is 5.75 Å². The van der Waals surface area contributed by atoms with Crippen LogP contribution in [0.15, 0.2) is 18.2 Å². The molecular weight excluding hydrogens is 180 g/mol. The van der Waals surface area contributed by atoms with Crippen LogP contribution < -0.4 is 4.74 Å². The second kappa shape index (κ2) is 3.10. The van der Waals surface area contributed by atoms with Crippen LogP contribution in [0.1, 0.15) is 24.2 Å². The average Bonchev–Trinajstić information content (AvgIpc) is 2.44. The molecule has 1 aliphatic rings. The molecule has 2 rings (SSSR count). The minimum atomic E-state index is -0.817. The first-order chi connectivity index (χ1) is 6.59. The Morgan fingerprint density at radius 3 is 2.86 bits per heavy atom. The van der Waals surface area contributed by atoms with Crippen LogP contribution in [0.3, 0.4) is 0 Å². The van der Waals surface area contributed by atoms with E-state index in [4.69, 9.17) is 4.74 Å². The van der Waals surface area contributed by atoms with E-state index < -0.39 is 12.2 Å². The first-order valence-corrected chi connectivity index (χ1v) is 4.55. The zero-order valence-electron chi connectivity index (χ0n) is 8.15. The highest BCUT2D eigenvalue weighted by Crippen LogP contribution is 2.37. The first kappa shape index (κ1) is 9.21. The predicted octanol–water partition coefficient (Wildman–Crippen LogP) is 1.38. The molecule has 2 atom stereocenters. The fourth-order valence-electron chi connectivity index (χ4n) is 1.68. The normalized spacial score (nSPS) is 24.2. The van der Waals surface area contributed by atoms with E-state index in [9.17, 15) is 9.90 Å². The zero-order valence-corrected chi connectivity index (χ0v) is 8.15. The summed E-state index contributed by atoms with van der Waals surface area (Å²) >= 11 is 0. The molecule has 1 aliphatic heterocycles. The number of aryl methyl sites for hydroxylation is 1. The molecule has 1 aromatic carbocycles. The van der Waals surface area contributed by atoms with Gasteiger partial charge in [-0.05, 0) is 26.0 Å². The third-order valence-corrected chi connectivity index (χ3v) is 2.43. The van der Waals surface area contributed by atoms with E-state index in [0.29, 0.717) is 11.3 Å².